The molecule has 0 aliphatic rings. The molecule has 0 bridgehead atoms. The van der Waals surface area contributed by atoms with Crippen LogP contribution in [-0.4, -0.2) is 20.0 Å². The van der Waals surface area contributed by atoms with Crippen molar-refractivity contribution in [1.82, 2.24) is 20.0 Å². The number of aromatic nitrogens is 4. The van der Waals surface area contributed by atoms with Gasteiger partial charge < -0.3 is 5.32 Å². The zero-order chi connectivity index (χ0) is 14.0. The minimum atomic E-state index is 0.614. The van der Waals surface area contributed by atoms with E-state index in [1.807, 2.05) is 18.7 Å². The van der Waals surface area contributed by atoms with Crippen molar-refractivity contribution in [3.05, 3.63) is 22.0 Å². The van der Waals surface area contributed by atoms with Crippen molar-refractivity contribution in [3.63, 3.8) is 0 Å². The highest BCUT2D eigenvalue weighted by Gasteiger charge is 2.10. The molecule has 0 radical (unpaired) electrons. The first-order chi connectivity index (χ1) is 8.97. The van der Waals surface area contributed by atoms with Crippen LogP contribution in [0.4, 0.5) is 5.13 Å². The SMILES string of the molecule is Cc1nn(C)c(C)c1CNc1nnc(CC(C)C)s1. The number of rotatable bonds is 5. The van der Waals surface area contributed by atoms with Crippen molar-refractivity contribution >= 4 is 16.5 Å². The first-order valence-electron chi connectivity index (χ1n) is 6.52. The second kappa shape index (κ2) is 5.69. The number of nitrogens with zero attached hydrogens (tertiary/aromatic N) is 4. The summed E-state index contributed by atoms with van der Waals surface area (Å²) >= 11 is 1.64. The molecule has 1 N–H and O–H groups in total. The van der Waals surface area contributed by atoms with Crippen LogP contribution in [-0.2, 0) is 20.0 Å². The van der Waals surface area contributed by atoms with E-state index in [9.17, 15) is 0 Å². The van der Waals surface area contributed by atoms with Crippen LogP contribution in [0.5, 0.6) is 0 Å². The maximum atomic E-state index is 4.41. The van der Waals surface area contributed by atoms with Gasteiger partial charge in [-0.3, -0.25) is 4.68 Å². The standard InChI is InChI=1S/C13H21N5S/c1-8(2)6-12-15-16-13(19-12)14-7-11-9(3)17-18(5)10(11)4/h8H,6-7H2,1-5H3,(H,14,16). The van der Waals surface area contributed by atoms with Crippen LogP contribution in [0, 0.1) is 19.8 Å². The van der Waals surface area contributed by atoms with Crippen molar-refractivity contribution in [2.75, 3.05) is 5.32 Å². The summed E-state index contributed by atoms with van der Waals surface area (Å²) in [6, 6.07) is 0. The second-order valence-electron chi connectivity index (χ2n) is 5.23. The molecule has 0 saturated heterocycles. The monoisotopic (exact) mass is 279 g/mol. The molecule has 6 heteroatoms. The van der Waals surface area contributed by atoms with Gasteiger partial charge in [-0.2, -0.15) is 5.10 Å². The Balaban J connectivity index is 2.00. The fraction of sp³-hybridized carbons (Fsp3) is 0.615. The summed E-state index contributed by atoms with van der Waals surface area (Å²) in [7, 11) is 1.97. The van der Waals surface area contributed by atoms with Crippen molar-refractivity contribution in [2.45, 2.75) is 40.7 Å². The number of hydrogen-bond donors (Lipinski definition) is 1. The van der Waals surface area contributed by atoms with Gasteiger partial charge in [0.1, 0.15) is 5.01 Å². The minimum absolute atomic E-state index is 0.614. The smallest absolute Gasteiger partial charge is 0.205 e. The molecule has 104 valence electrons. The van der Waals surface area contributed by atoms with Crippen LogP contribution in [0.1, 0.15) is 35.8 Å². The van der Waals surface area contributed by atoms with Gasteiger partial charge in [-0.25, -0.2) is 0 Å². The molecule has 2 rings (SSSR count). The normalized spacial score (nSPS) is 11.3. The average Bonchev–Trinajstić information content (AvgIpc) is 2.84. The Morgan fingerprint density at radius 1 is 1.26 bits per heavy atom. The third-order valence-corrected chi connectivity index (χ3v) is 4.03. The fourth-order valence-electron chi connectivity index (χ4n) is 1.99. The molecule has 0 aliphatic carbocycles. The van der Waals surface area contributed by atoms with E-state index in [0.717, 1.165) is 28.8 Å². The predicted molar refractivity (Wildman–Crippen MR) is 78.5 cm³/mol. The van der Waals surface area contributed by atoms with E-state index in [1.54, 1.807) is 11.3 Å². The van der Waals surface area contributed by atoms with E-state index in [-0.39, 0.29) is 0 Å². The molecule has 2 heterocycles. The van der Waals surface area contributed by atoms with Gasteiger partial charge in [-0.05, 0) is 19.8 Å². The Morgan fingerprint density at radius 2 is 2.00 bits per heavy atom. The van der Waals surface area contributed by atoms with E-state index < -0.39 is 0 Å². The van der Waals surface area contributed by atoms with Gasteiger partial charge in [0.15, 0.2) is 0 Å². The van der Waals surface area contributed by atoms with Crippen LogP contribution in [0.15, 0.2) is 0 Å². The molecule has 0 fully saturated rings. The molecule has 0 spiro atoms. The van der Waals surface area contributed by atoms with E-state index >= 15 is 0 Å². The van der Waals surface area contributed by atoms with Gasteiger partial charge in [0.2, 0.25) is 5.13 Å². The van der Waals surface area contributed by atoms with Crippen molar-refractivity contribution in [1.29, 1.82) is 0 Å². The highest BCUT2D eigenvalue weighted by atomic mass is 32.1. The predicted octanol–water partition coefficient (Wildman–Crippen LogP) is 2.70. The Labute approximate surface area is 118 Å². The van der Waals surface area contributed by atoms with Gasteiger partial charge in [-0.1, -0.05) is 25.2 Å². The second-order valence-corrected chi connectivity index (χ2v) is 6.29. The minimum Gasteiger partial charge on any atom is -0.356 e. The van der Waals surface area contributed by atoms with Crippen LogP contribution < -0.4 is 5.32 Å². The summed E-state index contributed by atoms with van der Waals surface area (Å²) in [5, 5.41) is 18.1. The Kier molecular flexibility index (Phi) is 4.19. The lowest BCUT2D eigenvalue weighted by Crippen LogP contribution is -2.02. The van der Waals surface area contributed by atoms with Gasteiger partial charge in [0.25, 0.3) is 0 Å². The van der Waals surface area contributed by atoms with Crippen LogP contribution in [0.2, 0.25) is 0 Å². The number of hydrogen-bond acceptors (Lipinski definition) is 5. The summed E-state index contributed by atoms with van der Waals surface area (Å²) in [6.07, 6.45) is 0.990. The number of aryl methyl sites for hydroxylation is 2. The maximum Gasteiger partial charge on any atom is 0.205 e. The first kappa shape index (κ1) is 14.0. The van der Waals surface area contributed by atoms with Crippen molar-refractivity contribution < 1.29 is 0 Å². The lowest BCUT2D eigenvalue weighted by Gasteiger charge is -2.02. The summed E-state index contributed by atoms with van der Waals surface area (Å²) in [5.74, 6) is 0.614. The molecule has 2 aromatic rings. The summed E-state index contributed by atoms with van der Waals surface area (Å²) in [4.78, 5) is 0. The molecule has 5 nitrogen and oxygen atoms in total. The number of anilines is 1. The summed E-state index contributed by atoms with van der Waals surface area (Å²) in [5.41, 5.74) is 3.50. The molecule has 0 unspecified atom stereocenters. The fourth-order valence-corrected chi connectivity index (χ4v) is 2.94. The molecule has 0 aliphatic heterocycles. The van der Waals surface area contributed by atoms with E-state index in [1.165, 1.54) is 11.3 Å². The Bertz CT molecular complexity index is 555. The lowest BCUT2D eigenvalue weighted by atomic mass is 10.1. The topological polar surface area (TPSA) is 55.6 Å². The summed E-state index contributed by atoms with van der Waals surface area (Å²) < 4.78 is 1.91. The van der Waals surface area contributed by atoms with E-state index in [4.69, 9.17) is 0 Å². The van der Waals surface area contributed by atoms with Gasteiger partial charge in [-0.15, -0.1) is 10.2 Å². The van der Waals surface area contributed by atoms with Crippen molar-refractivity contribution in [2.24, 2.45) is 13.0 Å². The average molecular weight is 279 g/mol. The third kappa shape index (κ3) is 3.32. The van der Waals surface area contributed by atoms with Gasteiger partial charge in [0, 0.05) is 31.3 Å². The maximum absolute atomic E-state index is 4.41. The molecule has 0 atom stereocenters. The third-order valence-electron chi connectivity index (χ3n) is 3.12. The molecule has 0 aromatic carbocycles. The highest BCUT2D eigenvalue weighted by Crippen LogP contribution is 2.20. The van der Waals surface area contributed by atoms with Crippen LogP contribution in [0.3, 0.4) is 0 Å². The first-order valence-corrected chi connectivity index (χ1v) is 7.34. The van der Waals surface area contributed by atoms with Crippen molar-refractivity contribution in [3.8, 4) is 0 Å². The quantitative estimate of drug-likeness (QED) is 0.914. The molecule has 2 aromatic heterocycles. The number of nitrogens with one attached hydrogen (secondary N) is 1. The van der Waals surface area contributed by atoms with E-state index in [0.29, 0.717) is 5.92 Å². The Hall–Kier alpha value is -1.43. The highest BCUT2D eigenvalue weighted by molar-refractivity contribution is 7.15. The molecular weight excluding hydrogens is 258 g/mol. The van der Waals surface area contributed by atoms with Gasteiger partial charge >= 0.3 is 0 Å². The molecular formula is C13H21N5S. The zero-order valence-electron chi connectivity index (χ0n) is 12.2. The zero-order valence-corrected chi connectivity index (χ0v) is 13.0. The van der Waals surface area contributed by atoms with E-state index in [2.05, 4.69) is 41.4 Å². The molecule has 0 saturated carbocycles. The Morgan fingerprint density at radius 3 is 2.58 bits per heavy atom. The largest absolute Gasteiger partial charge is 0.356 e. The summed E-state index contributed by atoms with van der Waals surface area (Å²) in [6.45, 7) is 9.26. The lowest BCUT2D eigenvalue weighted by molar-refractivity contribution is 0.640. The molecule has 19 heavy (non-hydrogen) atoms. The van der Waals surface area contributed by atoms with Crippen LogP contribution in [0.25, 0.3) is 0 Å². The van der Waals surface area contributed by atoms with Gasteiger partial charge in [0.05, 0.1) is 5.69 Å². The molecule has 0 amide bonds. The van der Waals surface area contributed by atoms with Crippen LogP contribution >= 0.6 is 11.3 Å².